The number of guanidine groups is 1. The maximum atomic E-state index is 5.98. The van der Waals surface area contributed by atoms with Crippen molar-refractivity contribution in [2.75, 3.05) is 13.7 Å². The van der Waals surface area contributed by atoms with E-state index < -0.39 is 0 Å². The second-order valence-electron chi connectivity index (χ2n) is 7.21. The molecule has 128 valence electrons. The number of rotatable bonds is 3. The summed E-state index contributed by atoms with van der Waals surface area (Å²) in [6.07, 6.45) is 2.80. The van der Waals surface area contributed by atoms with Crippen molar-refractivity contribution in [2.45, 2.75) is 59.2 Å². The first-order valence-corrected chi connectivity index (χ1v) is 9.27. The highest BCUT2D eigenvalue weighted by atomic mass is 32.1. The minimum atomic E-state index is 0.152. The summed E-state index contributed by atoms with van der Waals surface area (Å²) < 4.78 is 5.98. The molecule has 0 amide bonds. The smallest absolute Gasteiger partial charge is 0.191 e. The molecule has 0 spiro atoms. The second kappa shape index (κ2) is 6.40. The molecule has 5 nitrogen and oxygen atoms in total. The zero-order valence-electron chi connectivity index (χ0n) is 14.8. The summed E-state index contributed by atoms with van der Waals surface area (Å²) in [4.78, 5) is 10.2. The quantitative estimate of drug-likeness (QED) is 0.658. The van der Waals surface area contributed by atoms with Crippen LogP contribution in [0.5, 0.6) is 0 Å². The number of nitrogens with zero attached hydrogens (tertiary/aromatic N) is 2. The lowest BCUT2D eigenvalue weighted by Crippen LogP contribution is -2.70. The van der Waals surface area contributed by atoms with Gasteiger partial charge in [0.2, 0.25) is 0 Å². The third-order valence-electron chi connectivity index (χ3n) is 5.26. The van der Waals surface area contributed by atoms with Crippen molar-refractivity contribution >= 4 is 17.3 Å². The maximum Gasteiger partial charge on any atom is 0.191 e. The lowest BCUT2D eigenvalue weighted by Gasteiger charge is -2.60. The van der Waals surface area contributed by atoms with Crippen molar-refractivity contribution in [2.24, 2.45) is 16.3 Å². The minimum absolute atomic E-state index is 0.152. The Hall–Kier alpha value is -1.14. The van der Waals surface area contributed by atoms with Gasteiger partial charge in [-0.25, -0.2) is 4.98 Å². The standard InChI is InChI=1S/C17H28N4OS/c1-10-13(23-11(2)20-10)9-19-16(18-5)21-14-12-7-6-8-22-15(12)17(14,3)4/h12,14-15H,6-9H2,1-5H3,(H2,18,19,21). The Morgan fingerprint density at radius 1 is 1.43 bits per heavy atom. The highest BCUT2D eigenvalue weighted by molar-refractivity contribution is 7.11. The van der Waals surface area contributed by atoms with Crippen molar-refractivity contribution in [3.05, 3.63) is 15.6 Å². The third kappa shape index (κ3) is 3.11. The van der Waals surface area contributed by atoms with Gasteiger partial charge in [0.1, 0.15) is 0 Å². The molecule has 2 aliphatic rings. The summed E-state index contributed by atoms with van der Waals surface area (Å²) in [6, 6.07) is 0.420. The number of fused-ring (bicyclic) bond motifs is 1. The molecule has 3 rings (SSSR count). The molecule has 23 heavy (non-hydrogen) atoms. The Morgan fingerprint density at radius 2 is 2.22 bits per heavy atom. The molecule has 1 saturated carbocycles. The molecule has 2 N–H and O–H groups in total. The van der Waals surface area contributed by atoms with Crippen molar-refractivity contribution in [3.63, 3.8) is 0 Å². The molecule has 0 bridgehead atoms. The predicted octanol–water partition coefficient (Wildman–Crippen LogP) is 2.63. The SMILES string of the molecule is CN=C(NCc1sc(C)nc1C)NC1C2CCCOC2C1(C)C. The fourth-order valence-corrected chi connectivity index (χ4v) is 4.94. The minimum Gasteiger partial charge on any atom is -0.377 e. The number of aliphatic imine (C=N–C) groups is 1. The third-order valence-corrected chi connectivity index (χ3v) is 6.34. The van der Waals surface area contributed by atoms with E-state index in [2.05, 4.69) is 41.4 Å². The van der Waals surface area contributed by atoms with Crippen molar-refractivity contribution in [1.82, 2.24) is 15.6 Å². The topological polar surface area (TPSA) is 58.5 Å². The number of hydrogen-bond acceptors (Lipinski definition) is 4. The first-order chi connectivity index (χ1) is 10.9. The van der Waals surface area contributed by atoms with Crippen LogP contribution in [0.3, 0.4) is 0 Å². The van der Waals surface area contributed by atoms with E-state index in [4.69, 9.17) is 4.74 Å². The van der Waals surface area contributed by atoms with Gasteiger partial charge in [-0.1, -0.05) is 13.8 Å². The van der Waals surface area contributed by atoms with E-state index in [0.29, 0.717) is 18.1 Å². The molecular weight excluding hydrogens is 308 g/mol. The molecular formula is C17H28N4OS. The fourth-order valence-electron chi connectivity index (χ4n) is 4.06. The van der Waals surface area contributed by atoms with Crippen LogP contribution < -0.4 is 10.6 Å². The van der Waals surface area contributed by atoms with Gasteiger partial charge in [0.25, 0.3) is 0 Å². The largest absolute Gasteiger partial charge is 0.377 e. The average Bonchev–Trinajstić information content (AvgIpc) is 2.85. The number of aromatic nitrogens is 1. The highest BCUT2D eigenvalue weighted by Gasteiger charge is 2.58. The summed E-state index contributed by atoms with van der Waals surface area (Å²) in [5.74, 6) is 1.47. The number of ether oxygens (including phenoxy) is 1. The Bertz CT molecular complexity index is 595. The number of thiazole rings is 1. The Balaban J connectivity index is 1.60. The van der Waals surface area contributed by atoms with Crippen LogP contribution in [-0.2, 0) is 11.3 Å². The lowest BCUT2D eigenvalue weighted by atomic mass is 9.55. The van der Waals surface area contributed by atoms with Gasteiger partial charge in [0, 0.05) is 35.9 Å². The van der Waals surface area contributed by atoms with Crippen LogP contribution in [0.15, 0.2) is 4.99 Å². The molecule has 1 aliphatic heterocycles. The maximum absolute atomic E-state index is 5.98. The molecule has 1 aliphatic carbocycles. The van der Waals surface area contributed by atoms with Crippen LogP contribution in [-0.4, -0.2) is 36.7 Å². The molecule has 0 aromatic carbocycles. The molecule has 1 aromatic heterocycles. The van der Waals surface area contributed by atoms with Crippen molar-refractivity contribution in [1.29, 1.82) is 0 Å². The van der Waals surface area contributed by atoms with E-state index in [0.717, 1.165) is 29.8 Å². The van der Waals surface area contributed by atoms with E-state index in [1.807, 2.05) is 14.0 Å². The molecule has 6 heteroatoms. The summed E-state index contributed by atoms with van der Waals surface area (Å²) in [7, 11) is 1.83. The van der Waals surface area contributed by atoms with Crippen LogP contribution >= 0.6 is 11.3 Å². The van der Waals surface area contributed by atoms with Crippen LogP contribution in [0.1, 0.15) is 42.3 Å². The van der Waals surface area contributed by atoms with Gasteiger partial charge < -0.3 is 15.4 Å². The lowest BCUT2D eigenvalue weighted by molar-refractivity contribution is -0.188. The van der Waals surface area contributed by atoms with E-state index in [1.54, 1.807) is 11.3 Å². The monoisotopic (exact) mass is 336 g/mol. The molecule has 2 fully saturated rings. The summed E-state index contributed by atoms with van der Waals surface area (Å²) in [5.41, 5.74) is 1.26. The Morgan fingerprint density at radius 3 is 2.87 bits per heavy atom. The van der Waals surface area contributed by atoms with Crippen LogP contribution in [0.25, 0.3) is 0 Å². The van der Waals surface area contributed by atoms with E-state index >= 15 is 0 Å². The normalized spacial score (nSPS) is 29.6. The Labute approximate surface area is 142 Å². The van der Waals surface area contributed by atoms with Gasteiger partial charge in [-0.15, -0.1) is 11.3 Å². The van der Waals surface area contributed by atoms with Crippen LogP contribution in [0.2, 0.25) is 0 Å². The van der Waals surface area contributed by atoms with Gasteiger partial charge in [0.05, 0.1) is 23.4 Å². The fraction of sp³-hybridized carbons (Fsp3) is 0.765. The van der Waals surface area contributed by atoms with Gasteiger partial charge in [-0.2, -0.15) is 0 Å². The van der Waals surface area contributed by atoms with Gasteiger partial charge in [-0.3, -0.25) is 4.99 Å². The summed E-state index contributed by atoms with van der Waals surface area (Å²) >= 11 is 1.75. The molecule has 2 heterocycles. The first kappa shape index (κ1) is 16.7. The van der Waals surface area contributed by atoms with E-state index in [9.17, 15) is 0 Å². The number of hydrogen-bond donors (Lipinski definition) is 2. The highest BCUT2D eigenvalue weighted by Crippen LogP contribution is 2.51. The molecule has 3 atom stereocenters. The van der Waals surface area contributed by atoms with E-state index in [-0.39, 0.29) is 5.41 Å². The first-order valence-electron chi connectivity index (χ1n) is 8.45. The van der Waals surface area contributed by atoms with Crippen LogP contribution in [0, 0.1) is 25.2 Å². The Kier molecular flexibility index (Phi) is 4.65. The summed E-state index contributed by atoms with van der Waals surface area (Å²) in [5, 5.41) is 8.19. The van der Waals surface area contributed by atoms with Gasteiger partial charge >= 0.3 is 0 Å². The summed E-state index contributed by atoms with van der Waals surface area (Å²) in [6.45, 7) is 10.4. The predicted molar refractivity (Wildman–Crippen MR) is 95.0 cm³/mol. The molecule has 0 radical (unpaired) electrons. The molecule has 1 saturated heterocycles. The average molecular weight is 337 g/mol. The zero-order valence-corrected chi connectivity index (χ0v) is 15.6. The van der Waals surface area contributed by atoms with E-state index in [1.165, 1.54) is 17.7 Å². The van der Waals surface area contributed by atoms with Crippen molar-refractivity contribution in [3.8, 4) is 0 Å². The number of nitrogens with one attached hydrogen (secondary N) is 2. The van der Waals surface area contributed by atoms with Crippen LogP contribution in [0.4, 0.5) is 0 Å². The molecule has 1 aromatic rings. The zero-order chi connectivity index (χ0) is 16.6. The molecule has 3 unspecified atom stereocenters. The van der Waals surface area contributed by atoms with Gasteiger partial charge in [0.15, 0.2) is 5.96 Å². The van der Waals surface area contributed by atoms with Gasteiger partial charge in [-0.05, 0) is 26.7 Å². The number of aryl methyl sites for hydroxylation is 2. The van der Waals surface area contributed by atoms with Crippen molar-refractivity contribution < 1.29 is 4.74 Å². The second-order valence-corrected chi connectivity index (χ2v) is 8.50.